The smallest absolute Gasteiger partial charge is 0.342 e. The number of phenols is 1. The molecule has 10 heteroatoms. The molecule has 0 amide bonds. The van der Waals surface area contributed by atoms with Gasteiger partial charge in [0.25, 0.3) is 5.56 Å². The number of aryl methyl sites for hydroxylation is 1. The molecule has 25 heavy (non-hydrogen) atoms. The van der Waals surface area contributed by atoms with Crippen molar-refractivity contribution in [3.05, 3.63) is 39.3 Å². The normalized spacial score (nSPS) is 10.9. The van der Waals surface area contributed by atoms with Gasteiger partial charge in [-0.1, -0.05) is 5.16 Å². The second kappa shape index (κ2) is 5.37. The number of hydrogen-bond acceptors (Lipinski definition) is 7. The second-order valence-corrected chi connectivity index (χ2v) is 5.21. The summed E-state index contributed by atoms with van der Waals surface area (Å²) in [4.78, 5) is 37.3. The van der Waals surface area contributed by atoms with E-state index in [0.29, 0.717) is 11.1 Å². The van der Waals surface area contributed by atoms with Crippen LogP contribution in [0.25, 0.3) is 22.1 Å². The third-order valence-electron chi connectivity index (χ3n) is 3.72. The van der Waals surface area contributed by atoms with Crippen molar-refractivity contribution < 1.29 is 29.4 Å². The summed E-state index contributed by atoms with van der Waals surface area (Å²) in [7, 11) is 0. The van der Waals surface area contributed by atoms with Gasteiger partial charge in [0, 0.05) is 10.9 Å². The van der Waals surface area contributed by atoms with Crippen molar-refractivity contribution in [2.75, 3.05) is 5.73 Å². The second-order valence-electron chi connectivity index (χ2n) is 5.21. The molecule has 6 N–H and O–H groups in total. The zero-order chi connectivity index (χ0) is 18.5. The average Bonchev–Trinajstić information content (AvgIpc) is 2.86. The van der Waals surface area contributed by atoms with E-state index in [1.54, 1.807) is 6.92 Å². The van der Waals surface area contributed by atoms with E-state index in [2.05, 4.69) is 5.16 Å². The zero-order valence-corrected chi connectivity index (χ0v) is 12.7. The highest BCUT2D eigenvalue weighted by Crippen LogP contribution is 2.41. The van der Waals surface area contributed by atoms with Gasteiger partial charge >= 0.3 is 11.9 Å². The molecule has 0 aliphatic heterocycles. The molecule has 0 atom stereocenters. The van der Waals surface area contributed by atoms with Crippen LogP contribution >= 0.6 is 0 Å². The molecule has 0 saturated heterocycles. The predicted molar refractivity (Wildman–Crippen MR) is 84.8 cm³/mol. The van der Waals surface area contributed by atoms with Crippen molar-refractivity contribution in [1.82, 2.24) is 10.1 Å². The van der Waals surface area contributed by atoms with Crippen LogP contribution in [0.5, 0.6) is 5.75 Å². The number of aromatic nitrogens is 2. The number of pyridine rings is 1. The fraction of sp³-hybridized carbons (Fsp3) is 0.0667. The Morgan fingerprint density at radius 1 is 1.16 bits per heavy atom. The number of hydrogen-bond donors (Lipinski definition) is 5. The standard InChI is InChI=1S/C15H11N3O7/c1-4-5-2-3-6(19)7(11(5)25-18-4)8-9(14(21)22)12(16)17-13(20)10(8)15(23)24/h2-3,19H,1H3,(H,21,22)(H,23,24)(H3,16,17,20). The molecule has 0 fully saturated rings. The number of benzene rings is 1. The van der Waals surface area contributed by atoms with Crippen molar-refractivity contribution in [3.8, 4) is 16.9 Å². The van der Waals surface area contributed by atoms with Crippen LogP contribution in [-0.4, -0.2) is 37.4 Å². The number of anilines is 1. The number of carbonyl (C=O) groups is 2. The van der Waals surface area contributed by atoms with Gasteiger partial charge in [-0.05, 0) is 19.1 Å². The molecule has 0 aliphatic carbocycles. The summed E-state index contributed by atoms with van der Waals surface area (Å²) in [5.74, 6) is -4.31. The van der Waals surface area contributed by atoms with Crippen molar-refractivity contribution in [3.63, 3.8) is 0 Å². The van der Waals surface area contributed by atoms with Crippen LogP contribution in [0.15, 0.2) is 21.5 Å². The summed E-state index contributed by atoms with van der Waals surface area (Å²) in [6.45, 7) is 1.61. The van der Waals surface area contributed by atoms with Gasteiger partial charge in [0.2, 0.25) is 0 Å². The molecule has 0 radical (unpaired) electrons. The molecule has 1 aromatic carbocycles. The Hall–Kier alpha value is -3.82. The Morgan fingerprint density at radius 3 is 2.40 bits per heavy atom. The summed E-state index contributed by atoms with van der Waals surface area (Å²) in [5, 5.41) is 33.2. The van der Waals surface area contributed by atoms with Crippen molar-refractivity contribution in [1.29, 1.82) is 0 Å². The highest BCUT2D eigenvalue weighted by Gasteiger charge is 2.30. The quantitative estimate of drug-likeness (QED) is 0.465. The molecule has 0 bridgehead atoms. The molecule has 0 saturated carbocycles. The Morgan fingerprint density at radius 2 is 1.80 bits per heavy atom. The van der Waals surface area contributed by atoms with Gasteiger partial charge in [-0.15, -0.1) is 0 Å². The molecule has 10 nitrogen and oxygen atoms in total. The zero-order valence-electron chi connectivity index (χ0n) is 12.7. The van der Waals surface area contributed by atoms with Gasteiger partial charge in [-0.3, -0.25) is 4.79 Å². The maximum absolute atomic E-state index is 12.1. The van der Waals surface area contributed by atoms with E-state index in [9.17, 15) is 29.7 Å². The molecule has 2 heterocycles. The van der Waals surface area contributed by atoms with Crippen LogP contribution in [0.1, 0.15) is 26.4 Å². The highest BCUT2D eigenvalue weighted by atomic mass is 16.5. The first-order valence-electron chi connectivity index (χ1n) is 6.84. The predicted octanol–water partition coefficient (Wildman–Crippen LogP) is 1.18. The summed E-state index contributed by atoms with van der Waals surface area (Å²) < 4.78 is 5.12. The first kappa shape index (κ1) is 16.1. The van der Waals surface area contributed by atoms with Crippen LogP contribution in [0.3, 0.4) is 0 Å². The summed E-state index contributed by atoms with van der Waals surface area (Å²) >= 11 is 0. The number of rotatable bonds is 3. The summed E-state index contributed by atoms with van der Waals surface area (Å²) in [6, 6.07) is 2.69. The van der Waals surface area contributed by atoms with E-state index < -0.39 is 45.8 Å². The van der Waals surface area contributed by atoms with Gasteiger partial charge in [0.1, 0.15) is 22.7 Å². The lowest BCUT2D eigenvalue weighted by atomic mass is 9.93. The third-order valence-corrected chi connectivity index (χ3v) is 3.72. The first-order chi connectivity index (χ1) is 11.7. The molecular weight excluding hydrogens is 334 g/mol. The molecule has 0 unspecified atom stereocenters. The summed E-state index contributed by atoms with van der Waals surface area (Å²) in [5.41, 5.74) is 2.43. The number of nitrogens with zero attached hydrogens (tertiary/aromatic N) is 1. The van der Waals surface area contributed by atoms with Gasteiger partial charge in [0.05, 0.1) is 11.3 Å². The molecule has 3 rings (SSSR count). The molecular formula is C15H11N3O7. The fourth-order valence-corrected chi connectivity index (χ4v) is 2.65. The molecule has 2 aromatic heterocycles. The molecule has 0 spiro atoms. The maximum atomic E-state index is 12.1. The van der Waals surface area contributed by atoms with E-state index >= 15 is 0 Å². The van der Waals surface area contributed by atoms with Crippen LogP contribution in [0, 0.1) is 6.92 Å². The van der Waals surface area contributed by atoms with E-state index in [1.165, 1.54) is 12.1 Å². The van der Waals surface area contributed by atoms with E-state index in [1.807, 2.05) is 4.98 Å². The van der Waals surface area contributed by atoms with Crippen LogP contribution in [-0.2, 0) is 0 Å². The lowest BCUT2D eigenvalue weighted by molar-refractivity contribution is 0.0695. The lowest BCUT2D eigenvalue weighted by Gasteiger charge is -2.13. The number of nitrogen functional groups attached to an aromatic ring is 1. The van der Waals surface area contributed by atoms with Crippen LogP contribution in [0.2, 0.25) is 0 Å². The number of fused-ring (bicyclic) bond motifs is 1. The Kier molecular flexibility index (Phi) is 3.45. The molecule has 3 aromatic rings. The minimum Gasteiger partial charge on any atom is -0.507 e. The Labute approximate surface area is 138 Å². The number of carboxylic acid groups (broad SMARTS) is 2. The van der Waals surface area contributed by atoms with Crippen molar-refractivity contribution >= 4 is 28.7 Å². The van der Waals surface area contributed by atoms with Gasteiger partial charge in [-0.25, -0.2) is 9.59 Å². The van der Waals surface area contributed by atoms with E-state index in [4.69, 9.17) is 10.3 Å². The van der Waals surface area contributed by atoms with Crippen molar-refractivity contribution in [2.24, 2.45) is 0 Å². The number of aromatic amines is 1. The number of carboxylic acids is 2. The number of phenolic OH excluding ortho intramolecular Hbond substituents is 1. The SMILES string of the molecule is Cc1noc2c(-c3c(C(=O)O)c(N)[nH]c(=O)c3C(=O)O)c(O)ccc12. The third kappa shape index (κ3) is 2.27. The monoisotopic (exact) mass is 345 g/mol. The summed E-state index contributed by atoms with van der Waals surface area (Å²) in [6.07, 6.45) is 0. The number of aromatic carboxylic acids is 2. The highest BCUT2D eigenvalue weighted by molar-refractivity contribution is 6.12. The first-order valence-corrected chi connectivity index (χ1v) is 6.84. The van der Waals surface area contributed by atoms with E-state index in [-0.39, 0.29) is 11.1 Å². The Balaban J connectivity index is 2.62. The largest absolute Gasteiger partial charge is 0.507 e. The average molecular weight is 345 g/mol. The molecule has 128 valence electrons. The van der Waals surface area contributed by atoms with Crippen LogP contribution < -0.4 is 11.3 Å². The fourth-order valence-electron chi connectivity index (χ4n) is 2.65. The van der Waals surface area contributed by atoms with E-state index in [0.717, 1.165) is 0 Å². The topological polar surface area (TPSA) is 180 Å². The Bertz CT molecular complexity index is 1110. The number of aromatic hydroxyl groups is 1. The maximum Gasteiger partial charge on any atom is 0.342 e. The minimum atomic E-state index is -1.69. The lowest BCUT2D eigenvalue weighted by Crippen LogP contribution is -2.24. The van der Waals surface area contributed by atoms with Crippen molar-refractivity contribution in [2.45, 2.75) is 6.92 Å². The van der Waals surface area contributed by atoms with Gasteiger partial charge < -0.3 is 30.6 Å². The minimum absolute atomic E-state index is 0.0625. The number of nitrogens with two attached hydrogens (primary N) is 1. The molecule has 0 aliphatic rings. The van der Waals surface area contributed by atoms with Gasteiger partial charge in [0.15, 0.2) is 5.58 Å². The number of nitrogens with one attached hydrogen (secondary N) is 1. The van der Waals surface area contributed by atoms with Crippen LogP contribution in [0.4, 0.5) is 5.82 Å². The van der Waals surface area contributed by atoms with Gasteiger partial charge in [-0.2, -0.15) is 0 Å². The number of H-pyrrole nitrogens is 1.